The molecular formula is C9H9O5S-. The first kappa shape index (κ1) is 11.7. The molecule has 1 rings (SSSR count). The second-order valence-electron chi connectivity index (χ2n) is 2.99. The average molecular weight is 229 g/mol. The van der Waals surface area contributed by atoms with Crippen molar-refractivity contribution < 1.29 is 22.9 Å². The van der Waals surface area contributed by atoms with Crippen LogP contribution in [0.2, 0.25) is 0 Å². The Balaban J connectivity index is 2.77. The van der Waals surface area contributed by atoms with Gasteiger partial charge in [0, 0.05) is 6.42 Å². The normalized spacial score (nSPS) is 11.3. The highest BCUT2D eigenvalue weighted by atomic mass is 32.2. The molecule has 0 aliphatic carbocycles. The van der Waals surface area contributed by atoms with Crippen LogP contribution < -0.4 is 0 Å². The van der Waals surface area contributed by atoms with Gasteiger partial charge in [0.25, 0.3) is 0 Å². The third-order valence-electron chi connectivity index (χ3n) is 1.84. The van der Waals surface area contributed by atoms with Gasteiger partial charge in [-0.25, -0.2) is 8.42 Å². The summed E-state index contributed by atoms with van der Waals surface area (Å²) in [6, 6.07) is 5.24. The van der Waals surface area contributed by atoms with Crippen molar-refractivity contribution in [1.29, 1.82) is 0 Å². The number of hydrogen-bond donors (Lipinski definition) is 1. The minimum atomic E-state index is -4.42. The van der Waals surface area contributed by atoms with E-state index < -0.39 is 16.1 Å². The summed E-state index contributed by atoms with van der Waals surface area (Å²) in [5.41, 5.74) is 0.685. The number of carboxylic acid groups (broad SMARTS) is 1. The molecule has 0 aromatic heterocycles. The van der Waals surface area contributed by atoms with Crippen LogP contribution in [0.1, 0.15) is 12.0 Å². The first-order valence-electron chi connectivity index (χ1n) is 4.16. The van der Waals surface area contributed by atoms with Gasteiger partial charge in [0.1, 0.15) is 10.1 Å². The van der Waals surface area contributed by atoms with E-state index in [0.717, 1.165) is 0 Å². The molecule has 0 atom stereocenters. The third-order valence-corrected chi connectivity index (χ3v) is 2.69. The molecule has 82 valence electrons. The zero-order valence-electron chi connectivity index (χ0n) is 7.71. The molecule has 0 bridgehead atoms. The van der Waals surface area contributed by atoms with Crippen LogP contribution in [0, 0.1) is 0 Å². The fourth-order valence-corrected chi connectivity index (χ4v) is 1.54. The molecular weight excluding hydrogens is 220 g/mol. The lowest BCUT2D eigenvalue weighted by Gasteiger charge is -2.07. The zero-order valence-corrected chi connectivity index (χ0v) is 8.53. The molecule has 1 N–H and O–H groups in total. The monoisotopic (exact) mass is 229 g/mol. The molecule has 15 heavy (non-hydrogen) atoms. The minimum absolute atomic E-state index is 0.0243. The molecule has 1 aromatic carbocycles. The van der Waals surface area contributed by atoms with Crippen LogP contribution in [0.3, 0.4) is 0 Å². The third kappa shape index (κ3) is 3.69. The van der Waals surface area contributed by atoms with E-state index in [4.69, 9.17) is 5.11 Å². The van der Waals surface area contributed by atoms with Crippen LogP contribution in [0.25, 0.3) is 0 Å². The molecule has 0 saturated carbocycles. The number of aryl methyl sites for hydroxylation is 1. The number of hydrogen-bond acceptors (Lipinski definition) is 4. The number of carbonyl (C=O) groups is 1. The Labute approximate surface area is 87.1 Å². The van der Waals surface area contributed by atoms with Crippen LogP contribution in [0.4, 0.5) is 0 Å². The lowest BCUT2D eigenvalue weighted by atomic mass is 10.1. The van der Waals surface area contributed by atoms with Crippen molar-refractivity contribution in [2.45, 2.75) is 17.7 Å². The topological polar surface area (TPSA) is 94.5 Å². The van der Waals surface area contributed by atoms with Gasteiger partial charge in [0.15, 0.2) is 0 Å². The van der Waals surface area contributed by atoms with Crippen molar-refractivity contribution in [3.05, 3.63) is 29.8 Å². The highest BCUT2D eigenvalue weighted by Crippen LogP contribution is 2.11. The Hall–Kier alpha value is -1.40. The summed E-state index contributed by atoms with van der Waals surface area (Å²) in [6.45, 7) is 0. The molecule has 0 fully saturated rings. The minimum Gasteiger partial charge on any atom is -0.744 e. The summed E-state index contributed by atoms with van der Waals surface area (Å²) in [5.74, 6) is -0.921. The fraction of sp³-hybridized carbons (Fsp3) is 0.222. The van der Waals surface area contributed by atoms with Crippen LogP contribution in [0.15, 0.2) is 29.2 Å². The van der Waals surface area contributed by atoms with E-state index in [2.05, 4.69) is 0 Å². The Kier molecular flexibility index (Phi) is 3.43. The van der Waals surface area contributed by atoms with Crippen LogP contribution >= 0.6 is 0 Å². The number of carboxylic acids is 1. The van der Waals surface area contributed by atoms with Gasteiger partial charge < -0.3 is 9.66 Å². The molecule has 0 aliphatic rings. The second kappa shape index (κ2) is 4.41. The van der Waals surface area contributed by atoms with Crippen molar-refractivity contribution in [2.75, 3.05) is 0 Å². The second-order valence-corrected chi connectivity index (χ2v) is 4.37. The first-order chi connectivity index (χ1) is 6.89. The molecule has 0 unspecified atom stereocenters. The van der Waals surface area contributed by atoms with E-state index in [-0.39, 0.29) is 11.3 Å². The summed E-state index contributed by atoms with van der Waals surface area (Å²) in [6.07, 6.45) is 0.290. The maximum Gasteiger partial charge on any atom is 0.303 e. The highest BCUT2D eigenvalue weighted by Gasteiger charge is 2.02. The van der Waals surface area contributed by atoms with E-state index in [1.54, 1.807) is 0 Å². The van der Waals surface area contributed by atoms with Crippen LogP contribution in [0.5, 0.6) is 0 Å². The molecule has 0 radical (unpaired) electrons. The summed E-state index contributed by atoms with van der Waals surface area (Å²) in [4.78, 5) is 9.95. The van der Waals surface area contributed by atoms with Crippen LogP contribution in [-0.2, 0) is 21.3 Å². The zero-order chi connectivity index (χ0) is 11.5. The summed E-state index contributed by atoms with van der Waals surface area (Å²) >= 11 is 0. The van der Waals surface area contributed by atoms with E-state index in [1.165, 1.54) is 24.3 Å². The van der Waals surface area contributed by atoms with Gasteiger partial charge in [0.05, 0.1) is 4.90 Å². The SMILES string of the molecule is O=C(O)CCc1ccc(S(=O)(=O)[O-])cc1. The average Bonchev–Trinajstić information content (AvgIpc) is 2.14. The number of benzene rings is 1. The van der Waals surface area contributed by atoms with Crippen LogP contribution in [-0.4, -0.2) is 24.0 Å². The Morgan fingerprint density at radius 1 is 1.27 bits per heavy atom. The molecule has 0 heterocycles. The smallest absolute Gasteiger partial charge is 0.303 e. The molecule has 6 heteroatoms. The van der Waals surface area contributed by atoms with Gasteiger partial charge in [-0.3, -0.25) is 4.79 Å². The Morgan fingerprint density at radius 2 is 1.80 bits per heavy atom. The van der Waals surface area contributed by atoms with Gasteiger partial charge in [-0.2, -0.15) is 0 Å². The van der Waals surface area contributed by atoms with Gasteiger partial charge in [0.2, 0.25) is 0 Å². The van der Waals surface area contributed by atoms with Crippen molar-refractivity contribution in [1.82, 2.24) is 0 Å². The van der Waals surface area contributed by atoms with Crippen molar-refractivity contribution >= 4 is 16.1 Å². The van der Waals surface area contributed by atoms with Gasteiger partial charge in [-0.05, 0) is 24.1 Å². The lowest BCUT2D eigenvalue weighted by molar-refractivity contribution is -0.136. The van der Waals surface area contributed by atoms with E-state index >= 15 is 0 Å². The van der Waals surface area contributed by atoms with E-state index in [9.17, 15) is 17.8 Å². The quantitative estimate of drug-likeness (QED) is 0.763. The maximum absolute atomic E-state index is 10.6. The van der Waals surface area contributed by atoms with Gasteiger partial charge >= 0.3 is 5.97 Å². The Morgan fingerprint density at radius 3 is 2.20 bits per heavy atom. The number of aliphatic carboxylic acids is 1. The molecule has 0 spiro atoms. The lowest BCUT2D eigenvalue weighted by Crippen LogP contribution is -2.00. The molecule has 0 saturated heterocycles. The summed E-state index contributed by atoms with van der Waals surface area (Å²) in [5, 5.41) is 8.41. The van der Waals surface area contributed by atoms with Crippen molar-refractivity contribution in [2.24, 2.45) is 0 Å². The fourth-order valence-electron chi connectivity index (χ4n) is 1.07. The predicted molar refractivity (Wildman–Crippen MR) is 50.4 cm³/mol. The van der Waals surface area contributed by atoms with Gasteiger partial charge in [-0.15, -0.1) is 0 Å². The summed E-state index contributed by atoms with van der Waals surface area (Å²) < 4.78 is 31.7. The van der Waals surface area contributed by atoms with Crippen molar-refractivity contribution in [3.8, 4) is 0 Å². The first-order valence-corrected chi connectivity index (χ1v) is 5.57. The van der Waals surface area contributed by atoms with E-state index in [1.807, 2.05) is 0 Å². The highest BCUT2D eigenvalue weighted by molar-refractivity contribution is 7.85. The summed E-state index contributed by atoms with van der Waals surface area (Å²) in [7, 11) is -4.42. The molecule has 0 aliphatic heterocycles. The predicted octanol–water partition coefficient (Wildman–Crippen LogP) is 0.608. The van der Waals surface area contributed by atoms with Crippen molar-refractivity contribution in [3.63, 3.8) is 0 Å². The number of rotatable bonds is 4. The Bertz CT molecular complexity index is 446. The van der Waals surface area contributed by atoms with Gasteiger partial charge in [-0.1, -0.05) is 12.1 Å². The molecule has 0 amide bonds. The largest absolute Gasteiger partial charge is 0.744 e. The standard InChI is InChI=1S/C9H10O5S/c10-9(11)6-3-7-1-4-8(5-2-7)15(12,13)14/h1-2,4-5H,3,6H2,(H,10,11)(H,12,13,14)/p-1. The maximum atomic E-state index is 10.6. The molecule has 1 aromatic rings. The molecule has 5 nitrogen and oxygen atoms in total. The van der Waals surface area contributed by atoms with E-state index in [0.29, 0.717) is 12.0 Å².